The molecule has 2 heterocycles. The van der Waals surface area contributed by atoms with Crippen LogP contribution < -0.4 is 0 Å². The van der Waals surface area contributed by atoms with E-state index in [-0.39, 0.29) is 13.0 Å². The summed E-state index contributed by atoms with van der Waals surface area (Å²) in [6.45, 7) is 0.0400. The van der Waals surface area contributed by atoms with Crippen LogP contribution in [0.4, 0.5) is 0 Å². The summed E-state index contributed by atoms with van der Waals surface area (Å²) in [5.41, 5.74) is 0. The number of hydrogen-bond donors (Lipinski definition) is 2. The van der Waals surface area contributed by atoms with Gasteiger partial charge in [0.05, 0.1) is 12.4 Å². The van der Waals surface area contributed by atoms with Gasteiger partial charge in [-0.15, -0.1) is 0 Å². The molecule has 0 saturated carbocycles. The molecule has 1 aliphatic rings. The summed E-state index contributed by atoms with van der Waals surface area (Å²) in [5, 5.41) is 18.4. The van der Waals surface area contributed by atoms with Crippen LogP contribution in [0.5, 0.6) is 0 Å². The van der Waals surface area contributed by atoms with E-state index in [1.54, 1.807) is 12.1 Å². The van der Waals surface area contributed by atoms with E-state index < -0.39 is 24.0 Å². The maximum atomic E-state index is 11.8. The minimum absolute atomic E-state index is 0.0400. The Hall–Kier alpha value is -2.08. The van der Waals surface area contributed by atoms with Gasteiger partial charge in [-0.2, -0.15) is 0 Å². The molecule has 6 heteroatoms. The predicted molar refractivity (Wildman–Crippen MR) is 61.5 cm³/mol. The van der Waals surface area contributed by atoms with Crippen LogP contribution in [0.1, 0.15) is 12.2 Å². The molecular formula is C12H13NO5. The van der Waals surface area contributed by atoms with Crippen molar-refractivity contribution in [1.29, 1.82) is 0 Å². The van der Waals surface area contributed by atoms with Crippen molar-refractivity contribution in [3.05, 3.63) is 30.2 Å². The van der Waals surface area contributed by atoms with E-state index in [1.165, 1.54) is 18.4 Å². The number of likely N-dealkylation sites (tertiary alicyclic amines) is 1. The van der Waals surface area contributed by atoms with Gasteiger partial charge in [0.1, 0.15) is 11.8 Å². The molecule has 1 fully saturated rings. The zero-order valence-electron chi connectivity index (χ0n) is 9.52. The molecule has 1 saturated heterocycles. The number of carbonyl (C=O) groups excluding carboxylic acids is 1. The van der Waals surface area contributed by atoms with Gasteiger partial charge in [0.25, 0.3) is 0 Å². The third-order valence-corrected chi connectivity index (χ3v) is 2.78. The van der Waals surface area contributed by atoms with Crippen LogP contribution in [0.2, 0.25) is 0 Å². The van der Waals surface area contributed by atoms with Crippen molar-refractivity contribution in [3.8, 4) is 0 Å². The van der Waals surface area contributed by atoms with E-state index in [1.807, 2.05) is 0 Å². The molecular weight excluding hydrogens is 238 g/mol. The van der Waals surface area contributed by atoms with Crippen LogP contribution >= 0.6 is 0 Å². The quantitative estimate of drug-likeness (QED) is 0.756. The Morgan fingerprint density at radius 3 is 2.89 bits per heavy atom. The molecule has 0 aliphatic carbocycles. The average Bonchev–Trinajstić information content (AvgIpc) is 2.94. The first-order valence-electron chi connectivity index (χ1n) is 5.51. The summed E-state index contributed by atoms with van der Waals surface area (Å²) >= 11 is 0. The van der Waals surface area contributed by atoms with Gasteiger partial charge >= 0.3 is 5.97 Å². The molecule has 0 bridgehead atoms. The number of β-amino-alcohol motifs (C(OH)–C–C–N with tert-alkyl or cyclic N) is 1. The van der Waals surface area contributed by atoms with Gasteiger partial charge in [-0.3, -0.25) is 4.79 Å². The number of nitrogens with zero attached hydrogens (tertiary/aromatic N) is 1. The van der Waals surface area contributed by atoms with Crippen molar-refractivity contribution in [2.45, 2.75) is 18.6 Å². The normalized spacial score (nSPS) is 23.7. The Morgan fingerprint density at radius 2 is 2.28 bits per heavy atom. The van der Waals surface area contributed by atoms with E-state index in [2.05, 4.69) is 0 Å². The summed E-state index contributed by atoms with van der Waals surface area (Å²) in [6.07, 6.45) is 3.46. The first-order valence-corrected chi connectivity index (χ1v) is 5.51. The summed E-state index contributed by atoms with van der Waals surface area (Å²) in [6, 6.07) is 2.40. The summed E-state index contributed by atoms with van der Waals surface area (Å²) < 4.78 is 5.02. The number of aliphatic hydroxyl groups excluding tert-OH is 1. The number of furan rings is 1. The van der Waals surface area contributed by atoms with Crippen molar-refractivity contribution in [1.82, 2.24) is 4.90 Å². The zero-order valence-corrected chi connectivity index (χ0v) is 9.52. The van der Waals surface area contributed by atoms with Crippen LogP contribution in [-0.4, -0.2) is 45.7 Å². The maximum absolute atomic E-state index is 11.8. The molecule has 2 N–H and O–H groups in total. The fourth-order valence-electron chi connectivity index (χ4n) is 1.93. The lowest BCUT2D eigenvalue weighted by molar-refractivity contribution is -0.146. The molecule has 1 aromatic heterocycles. The average molecular weight is 251 g/mol. The predicted octanol–water partition coefficient (Wildman–Crippen LogP) is 0.339. The minimum Gasteiger partial charge on any atom is -0.480 e. The second kappa shape index (κ2) is 5.05. The van der Waals surface area contributed by atoms with E-state index in [9.17, 15) is 14.7 Å². The lowest BCUT2D eigenvalue weighted by atomic mass is 10.2. The van der Waals surface area contributed by atoms with E-state index in [4.69, 9.17) is 9.52 Å². The van der Waals surface area contributed by atoms with Crippen molar-refractivity contribution in [2.75, 3.05) is 6.54 Å². The van der Waals surface area contributed by atoms with Crippen LogP contribution in [0.3, 0.4) is 0 Å². The van der Waals surface area contributed by atoms with Gasteiger partial charge in [0, 0.05) is 19.0 Å². The second-order valence-electron chi connectivity index (χ2n) is 4.08. The number of carboxylic acids is 1. The molecule has 0 radical (unpaired) electrons. The van der Waals surface area contributed by atoms with E-state index >= 15 is 0 Å². The number of hydrogen-bond acceptors (Lipinski definition) is 4. The van der Waals surface area contributed by atoms with Gasteiger partial charge in [-0.25, -0.2) is 4.79 Å². The molecule has 1 unspecified atom stereocenters. The highest BCUT2D eigenvalue weighted by Crippen LogP contribution is 2.18. The Bertz CT molecular complexity index is 465. The van der Waals surface area contributed by atoms with Crippen LogP contribution in [0.25, 0.3) is 6.08 Å². The van der Waals surface area contributed by atoms with Gasteiger partial charge in [0.15, 0.2) is 0 Å². The van der Waals surface area contributed by atoms with Gasteiger partial charge in [-0.1, -0.05) is 0 Å². The van der Waals surface area contributed by atoms with E-state index in [0.29, 0.717) is 5.76 Å². The third-order valence-electron chi connectivity index (χ3n) is 2.78. The van der Waals surface area contributed by atoms with Crippen LogP contribution in [-0.2, 0) is 9.59 Å². The molecule has 1 aromatic rings. The second-order valence-corrected chi connectivity index (χ2v) is 4.08. The van der Waals surface area contributed by atoms with Gasteiger partial charge in [-0.05, 0) is 18.2 Å². The largest absolute Gasteiger partial charge is 0.480 e. The van der Waals surface area contributed by atoms with Gasteiger partial charge < -0.3 is 19.5 Å². The van der Waals surface area contributed by atoms with E-state index in [0.717, 1.165) is 4.90 Å². The first kappa shape index (κ1) is 12.4. The number of amides is 1. The number of aliphatic hydroxyl groups is 1. The molecule has 6 nitrogen and oxygen atoms in total. The fraction of sp³-hybridized carbons (Fsp3) is 0.333. The third kappa shape index (κ3) is 2.60. The SMILES string of the molecule is O=C(O)[C@@H]1CC(O)CN1C(=O)/C=C/c1ccco1. The standard InChI is InChI=1S/C12H13NO5/c14-8-6-10(12(16)17)13(7-8)11(15)4-3-9-2-1-5-18-9/h1-5,8,10,14H,6-7H2,(H,16,17)/b4-3+/t8?,10-/m0/s1. The number of carboxylic acid groups (broad SMARTS) is 1. The van der Waals surface area contributed by atoms with Gasteiger partial charge in [0.2, 0.25) is 5.91 Å². The molecule has 96 valence electrons. The molecule has 18 heavy (non-hydrogen) atoms. The zero-order chi connectivity index (χ0) is 13.1. The Morgan fingerprint density at radius 1 is 1.50 bits per heavy atom. The highest BCUT2D eigenvalue weighted by Gasteiger charge is 2.37. The highest BCUT2D eigenvalue weighted by molar-refractivity contribution is 5.94. The highest BCUT2D eigenvalue weighted by atomic mass is 16.4. The summed E-state index contributed by atoms with van der Waals surface area (Å²) in [4.78, 5) is 23.9. The lowest BCUT2D eigenvalue weighted by Gasteiger charge is -2.18. The maximum Gasteiger partial charge on any atom is 0.326 e. The molecule has 0 spiro atoms. The topological polar surface area (TPSA) is 91.0 Å². The Kier molecular flexibility index (Phi) is 3.47. The van der Waals surface area contributed by atoms with Crippen molar-refractivity contribution >= 4 is 18.0 Å². The minimum atomic E-state index is -1.11. The molecule has 2 atom stereocenters. The number of aliphatic carboxylic acids is 1. The Labute approximate surface area is 103 Å². The summed E-state index contributed by atoms with van der Waals surface area (Å²) in [5.74, 6) is -1.04. The smallest absolute Gasteiger partial charge is 0.326 e. The number of carbonyl (C=O) groups is 2. The molecule has 1 amide bonds. The molecule has 2 rings (SSSR count). The number of rotatable bonds is 3. The van der Waals surface area contributed by atoms with Crippen molar-refractivity contribution in [2.24, 2.45) is 0 Å². The first-order chi connectivity index (χ1) is 8.58. The fourth-order valence-corrected chi connectivity index (χ4v) is 1.93. The molecule has 1 aliphatic heterocycles. The van der Waals surface area contributed by atoms with Crippen molar-refractivity contribution < 1.29 is 24.2 Å². The summed E-state index contributed by atoms with van der Waals surface area (Å²) in [7, 11) is 0. The lowest BCUT2D eigenvalue weighted by Crippen LogP contribution is -2.39. The monoisotopic (exact) mass is 251 g/mol. The van der Waals surface area contributed by atoms with Crippen LogP contribution in [0.15, 0.2) is 28.9 Å². The molecule has 0 aromatic carbocycles. The Balaban J connectivity index is 2.06. The van der Waals surface area contributed by atoms with Crippen molar-refractivity contribution in [3.63, 3.8) is 0 Å². The van der Waals surface area contributed by atoms with Crippen LogP contribution in [0, 0.1) is 0 Å².